The summed E-state index contributed by atoms with van der Waals surface area (Å²) in [6, 6.07) is 0. The molecule has 3 aliphatic rings. The maximum absolute atomic E-state index is 14.4. The van der Waals surface area contributed by atoms with Gasteiger partial charge in [0.25, 0.3) is 5.60 Å². The van der Waals surface area contributed by atoms with Crippen molar-refractivity contribution in [2.24, 2.45) is 22.7 Å². The van der Waals surface area contributed by atoms with Crippen LogP contribution in [0.4, 0.5) is 30.7 Å². The van der Waals surface area contributed by atoms with Gasteiger partial charge in [0.15, 0.2) is 0 Å². The average molecular weight is 631 g/mol. The summed E-state index contributed by atoms with van der Waals surface area (Å²) >= 11 is 0. The van der Waals surface area contributed by atoms with E-state index >= 15 is 0 Å². The van der Waals surface area contributed by atoms with Gasteiger partial charge in [-0.1, -0.05) is 50.6 Å². The highest BCUT2D eigenvalue weighted by Crippen LogP contribution is 2.64. The maximum Gasteiger partial charge on any atom is 0.429 e. The van der Waals surface area contributed by atoms with Crippen molar-refractivity contribution in [2.45, 2.75) is 134 Å². The molecule has 0 heterocycles. The van der Waals surface area contributed by atoms with Gasteiger partial charge in [-0.05, 0) is 111 Å². The minimum atomic E-state index is -6.07. The number of fused-ring (bicyclic) bond motifs is 1. The molecule has 6 atom stereocenters. The number of halogens is 7. The highest BCUT2D eigenvalue weighted by Gasteiger charge is 2.69. The van der Waals surface area contributed by atoms with Crippen molar-refractivity contribution in [3.63, 3.8) is 0 Å². The lowest BCUT2D eigenvalue weighted by atomic mass is 9.55. The molecule has 246 valence electrons. The molecule has 0 aromatic carbocycles. The van der Waals surface area contributed by atoms with Gasteiger partial charge in [0.1, 0.15) is 6.17 Å². The Hall–Kier alpha value is -1.65. The van der Waals surface area contributed by atoms with Crippen molar-refractivity contribution < 1.29 is 54.3 Å². The highest BCUT2D eigenvalue weighted by molar-refractivity contribution is 5.39. The van der Waals surface area contributed by atoms with Crippen LogP contribution < -0.4 is 0 Å². The van der Waals surface area contributed by atoms with Crippen molar-refractivity contribution in [3.05, 3.63) is 47.6 Å². The van der Waals surface area contributed by atoms with Gasteiger partial charge >= 0.3 is 12.4 Å². The molecule has 43 heavy (non-hydrogen) atoms. The van der Waals surface area contributed by atoms with Crippen LogP contribution >= 0.6 is 0 Å². The van der Waals surface area contributed by atoms with Crippen molar-refractivity contribution in [1.29, 1.82) is 0 Å². The van der Waals surface area contributed by atoms with Gasteiger partial charge in [-0.25, -0.2) is 4.39 Å². The molecule has 0 radical (unpaired) electrons. The standard InChI is InChI=1S/C33H47F7O3/c1-21-23(19-24(41)20-26(21)34)11-10-22-9-6-17-30(5)25(22)12-13-27(30)29(4,15-7-14-28(2,3)42)16-8-18-31(43,32(35,36)37)33(38,39)40/h8,10-11,18,24-27,41-43H,1,6-7,9,12-17,19-20H2,2-5H3/t24-,25?,26+,27-,29+,30+/m1/s1/i2D3,3D3. The number of alkyl halides is 7. The smallest absolute Gasteiger partial charge is 0.393 e. The summed E-state index contributed by atoms with van der Waals surface area (Å²) < 4.78 is 141. The van der Waals surface area contributed by atoms with Crippen LogP contribution in [-0.4, -0.2) is 51.1 Å². The first-order valence-corrected chi connectivity index (χ1v) is 14.7. The Kier molecular flexibility index (Phi) is 8.12. The largest absolute Gasteiger partial charge is 0.429 e. The minimum absolute atomic E-state index is 0.0401. The third-order valence-electron chi connectivity index (χ3n) is 10.1. The zero-order valence-corrected chi connectivity index (χ0v) is 24.6. The molecule has 0 aromatic rings. The first kappa shape index (κ1) is 27.6. The van der Waals surface area contributed by atoms with E-state index in [0.29, 0.717) is 43.8 Å². The normalized spacial score (nSPS) is 35.6. The van der Waals surface area contributed by atoms with Crippen molar-refractivity contribution >= 4 is 0 Å². The summed E-state index contributed by atoms with van der Waals surface area (Å²) in [5.74, 6) is -0.426. The number of hydrogen-bond donors (Lipinski definition) is 3. The predicted molar refractivity (Wildman–Crippen MR) is 153 cm³/mol. The number of rotatable bonds is 9. The third-order valence-corrected chi connectivity index (χ3v) is 10.1. The van der Waals surface area contributed by atoms with Gasteiger partial charge in [-0.2, -0.15) is 26.3 Å². The Balaban J connectivity index is 2.01. The van der Waals surface area contributed by atoms with E-state index in [9.17, 15) is 46.1 Å². The summed E-state index contributed by atoms with van der Waals surface area (Å²) in [6.07, 6.45) is -8.51. The molecular formula is C33H47F7O3. The topological polar surface area (TPSA) is 60.7 Å². The molecule has 0 spiro atoms. The van der Waals surface area contributed by atoms with Gasteiger partial charge in [0.2, 0.25) is 0 Å². The summed E-state index contributed by atoms with van der Waals surface area (Å²) in [7, 11) is 0. The molecule has 3 aliphatic carbocycles. The van der Waals surface area contributed by atoms with Crippen LogP contribution in [-0.2, 0) is 0 Å². The molecule has 3 fully saturated rings. The average Bonchev–Trinajstić information content (AvgIpc) is 3.29. The Bertz CT molecular complexity index is 1280. The fourth-order valence-electron chi connectivity index (χ4n) is 7.83. The molecule has 3 rings (SSSR count). The fraction of sp³-hybridized carbons (Fsp3) is 0.758. The maximum atomic E-state index is 14.4. The van der Waals surface area contributed by atoms with Crippen LogP contribution in [0.1, 0.15) is 106 Å². The molecule has 1 unspecified atom stereocenters. The summed E-state index contributed by atoms with van der Waals surface area (Å²) in [6.45, 7) is 0.827. The SMILES string of the molecule is [2H]C([2H])([2H])C(O)(CCC[C@@](C)(CC=CC(O)(C(F)(F)F)C(F)(F)F)[C@H]1CCC2C(=CC=C3C[C@@H](O)C[C@H](F)C3=C)CCC[C@@]21C)C([2H])([2H])[2H]. The van der Waals surface area contributed by atoms with Gasteiger partial charge in [0.05, 0.1) is 11.7 Å². The van der Waals surface area contributed by atoms with E-state index < -0.39 is 73.2 Å². The van der Waals surface area contributed by atoms with E-state index in [1.807, 2.05) is 13.0 Å². The Morgan fingerprint density at radius 2 is 1.70 bits per heavy atom. The molecule has 0 bridgehead atoms. The Morgan fingerprint density at radius 3 is 2.30 bits per heavy atom. The molecular weight excluding hydrogens is 577 g/mol. The van der Waals surface area contributed by atoms with E-state index in [0.717, 1.165) is 5.57 Å². The van der Waals surface area contributed by atoms with Crippen LogP contribution in [0.5, 0.6) is 0 Å². The van der Waals surface area contributed by atoms with E-state index in [-0.39, 0.29) is 49.2 Å². The van der Waals surface area contributed by atoms with Gasteiger partial charge < -0.3 is 15.3 Å². The van der Waals surface area contributed by atoms with Gasteiger partial charge in [-0.3, -0.25) is 0 Å². The molecule has 3 saturated carbocycles. The van der Waals surface area contributed by atoms with Crippen molar-refractivity contribution in [1.82, 2.24) is 0 Å². The second-order valence-corrected chi connectivity index (χ2v) is 13.3. The van der Waals surface area contributed by atoms with E-state index in [2.05, 4.69) is 6.58 Å². The fourth-order valence-corrected chi connectivity index (χ4v) is 7.83. The number of hydrogen-bond acceptors (Lipinski definition) is 3. The Morgan fingerprint density at radius 1 is 1.05 bits per heavy atom. The molecule has 3 nitrogen and oxygen atoms in total. The molecule has 10 heteroatoms. The quantitative estimate of drug-likeness (QED) is 0.176. The number of aliphatic hydroxyl groups is 3. The minimum Gasteiger partial charge on any atom is -0.393 e. The molecule has 0 saturated heterocycles. The monoisotopic (exact) mass is 630 g/mol. The molecule has 0 amide bonds. The highest BCUT2D eigenvalue weighted by atomic mass is 19.4. The lowest BCUT2D eigenvalue weighted by molar-refractivity contribution is -0.347. The lowest BCUT2D eigenvalue weighted by Crippen LogP contribution is -2.55. The zero-order chi connectivity index (χ0) is 37.6. The number of aliphatic hydroxyl groups excluding tert-OH is 1. The predicted octanol–water partition coefficient (Wildman–Crippen LogP) is 8.85. The Labute approximate surface area is 259 Å². The first-order chi connectivity index (χ1) is 22.0. The van der Waals surface area contributed by atoms with Crippen LogP contribution in [0.15, 0.2) is 47.6 Å². The summed E-state index contributed by atoms with van der Waals surface area (Å²) in [5, 5.41) is 30.6. The van der Waals surface area contributed by atoms with Crippen LogP contribution in [0, 0.1) is 22.7 Å². The van der Waals surface area contributed by atoms with E-state index in [4.69, 9.17) is 8.22 Å². The lowest BCUT2D eigenvalue weighted by Gasteiger charge is -2.49. The summed E-state index contributed by atoms with van der Waals surface area (Å²) in [5.41, 5.74) is -7.99. The second kappa shape index (κ2) is 12.6. The van der Waals surface area contributed by atoms with Crippen LogP contribution in [0.2, 0.25) is 0 Å². The molecule has 0 aromatic heterocycles. The van der Waals surface area contributed by atoms with Crippen LogP contribution in [0.3, 0.4) is 0 Å². The molecule has 0 aliphatic heterocycles. The summed E-state index contributed by atoms with van der Waals surface area (Å²) in [4.78, 5) is 0. The van der Waals surface area contributed by atoms with E-state index in [1.54, 1.807) is 13.0 Å². The third kappa shape index (κ3) is 7.78. The van der Waals surface area contributed by atoms with Gasteiger partial charge in [0, 0.05) is 14.6 Å². The second-order valence-electron chi connectivity index (χ2n) is 13.3. The van der Waals surface area contributed by atoms with Gasteiger partial charge in [-0.15, -0.1) is 0 Å². The molecule has 3 N–H and O–H groups in total. The van der Waals surface area contributed by atoms with Crippen molar-refractivity contribution in [2.75, 3.05) is 0 Å². The van der Waals surface area contributed by atoms with E-state index in [1.165, 1.54) is 0 Å². The van der Waals surface area contributed by atoms with Crippen molar-refractivity contribution in [3.8, 4) is 0 Å². The number of allylic oxidation sites excluding steroid dienone is 5. The van der Waals surface area contributed by atoms with Crippen LogP contribution in [0.25, 0.3) is 0 Å². The zero-order valence-electron chi connectivity index (χ0n) is 30.6. The first-order valence-electron chi connectivity index (χ1n) is 17.7.